The Kier molecular flexibility index (Phi) is 5.97. The van der Waals surface area contributed by atoms with Crippen LogP contribution in [0.5, 0.6) is 5.75 Å². The number of amides is 1. The van der Waals surface area contributed by atoms with Crippen LogP contribution in [0, 0.1) is 0 Å². The molecule has 0 saturated carbocycles. The molecule has 1 unspecified atom stereocenters. The number of benzene rings is 2. The van der Waals surface area contributed by atoms with Gasteiger partial charge in [-0.2, -0.15) is 4.31 Å². The molecular weight excluding hydrogens is 416 g/mol. The number of aromatic nitrogens is 2. The van der Waals surface area contributed by atoms with Gasteiger partial charge in [0.25, 0.3) is 0 Å². The molecule has 2 heterocycles. The number of piperidine rings is 1. The van der Waals surface area contributed by atoms with Crippen molar-refractivity contribution in [1.82, 2.24) is 19.2 Å². The number of carbonyl (C=O) groups is 1. The number of sulfonamides is 1. The zero-order chi connectivity index (χ0) is 22.0. The molecule has 1 aromatic heterocycles. The number of fused-ring (bicyclic) bond motifs is 1. The first-order valence-electron chi connectivity index (χ1n) is 10.3. The Balaban J connectivity index is 1.36. The third-order valence-corrected chi connectivity index (χ3v) is 7.69. The summed E-state index contributed by atoms with van der Waals surface area (Å²) < 4.78 is 34.2. The summed E-state index contributed by atoms with van der Waals surface area (Å²) in [6.07, 6.45) is 2.82. The largest absolute Gasteiger partial charge is 0.497 e. The second kappa shape index (κ2) is 8.68. The molecule has 1 aliphatic rings. The third-order valence-electron chi connectivity index (χ3n) is 5.78. The molecule has 8 nitrogen and oxygen atoms in total. The molecule has 1 saturated heterocycles. The van der Waals surface area contributed by atoms with E-state index in [1.807, 2.05) is 35.8 Å². The lowest BCUT2D eigenvalue weighted by atomic mass is 10.1. The number of hydrogen-bond donors (Lipinski definition) is 1. The maximum atomic E-state index is 12.9. The average Bonchev–Trinajstić information content (AvgIpc) is 3.23. The molecule has 2 aromatic carbocycles. The van der Waals surface area contributed by atoms with E-state index in [4.69, 9.17) is 4.74 Å². The van der Waals surface area contributed by atoms with Crippen molar-refractivity contribution in [3.63, 3.8) is 0 Å². The molecule has 164 valence electrons. The van der Waals surface area contributed by atoms with Crippen LogP contribution in [0.1, 0.15) is 25.8 Å². The monoisotopic (exact) mass is 442 g/mol. The van der Waals surface area contributed by atoms with E-state index >= 15 is 0 Å². The zero-order valence-corrected chi connectivity index (χ0v) is 18.4. The van der Waals surface area contributed by atoms with Crippen molar-refractivity contribution in [3.8, 4) is 5.75 Å². The predicted octanol–water partition coefficient (Wildman–Crippen LogP) is 2.58. The van der Waals surface area contributed by atoms with Gasteiger partial charge in [0, 0.05) is 19.1 Å². The van der Waals surface area contributed by atoms with Gasteiger partial charge in [-0.1, -0.05) is 12.1 Å². The summed E-state index contributed by atoms with van der Waals surface area (Å²) in [5, 5.41) is 3.07. The molecule has 31 heavy (non-hydrogen) atoms. The fourth-order valence-electron chi connectivity index (χ4n) is 3.87. The lowest BCUT2D eigenvalue weighted by molar-refractivity contribution is -0.124. The Morgan fingerprint density at radius 2 is 1.81 bits per heavy atom. The number of para-hydroxylation sites is 2. The molecule has 1 aliphatic heterocycles. The predicted molar refractivity (Wildman–Crippen MR) is 117 cm³/mol. The Hall–Kier alpha value is -2.91. The highest BCUT2D eigenvalue weighted by Crippen LogP contribution is 2.23. The standard InChI is InChI=1S/C22H26N4O4S/c1-16(26-15-23-20-5-3-4-6-21(20)26)22(27)24-17-11-13-25(14-12-17)31(28,29)19-9-7-18(30-2)8-10-19/h3-10,15-17H,11-14H2,1-2H3,(H,24,27). The fourth-order valence-corrected chi connectivity index (χ4v) is 5.34. The zero-order valence-electron chi connectivity index (χ0n) is 17.6. The van der Waals surface area contributed by atoms with E-state index in [1.165, 1.54) is 4.31 Å². The van der Waals surface area contributed by atoms with Gasteiger partial charge in [-0.3, -0.25) is 4.79 Å². The number of nitrogens with one attached hydrogen (secondary N) is 1. The number of rotatable bonds is 6. The van der Waals surface area contributed by atoms with Crippen molar-refractivity contribution in [2.45, 2.75) is 36.7 Å². The van der Waals surface area contributed by atoms with Gasteiger partial charge in [0.2, 0.25) is 15.9 Å². The molecule has 1 amide bonds. The van der Waals surface area contributed by atoms with Gasteiger partial charge in [0.15, 0.2) is 0 Å². The maximum Gasteiger partial charge on any atom is 0.243 e. The molecule has 0 aliphatic carbocycles. The smallest absolute Gasteiger partial charge is 0.243 e. The summed E-state index contributed by atoms with van der Waals surface area (Å²) >= 11 is 0. The van der Waals surface area contributed by atoms with Gasteiger partial charge >= 0.3 is 0 Å². The summed E-state index contributed by atoms with van der Waals surface area (Å²) in [4.78, 5) is 17.4. The molecule has 1 atom stereocenters. The van der Waals surface area contributed by atoms with Crippen LogP contribution in [0.25, 0.3) is 11.0 Å². The number of nitrogens with zero attached hydrogens (tertiary/aromatic N) is 3. The summed E-state index contributed by atoms with van der Waals surface area (Å²) in [5.41, 5.74) is 1.75. The molecule has 0 spiro atoms. The number of ether oxygens (including phenoxy) is 1. The summed E-state index contributed by atoms with van der Waals surface area (Å²) in [6, 6.07) is 13.6. The Morgan fingerprint density at radius 3 is 2.48 bits per heavy atom. The first-order chi connectivity index (χ1) is 14.9. The second-order valence-corrected chi connectivity index (χ2v) is 9.62. The van der Waals surface area contributed by atoms with Crippen molar-refractivity contribution in [2.24, 2.45) is 0 Å². The minimum Gasteiger partial charge on any atom is -0.497 e. The normalized spacial score (nSPS) is 16.8. The summed E-state index contributed by atoms with van der Waals surface area (Å²) in [6.45, 7) is 2.57. The van der Waals surface area contributed by atoms with Gasteiger partial charge in [0.05, 0.1) is 29.4 Å². The highest BCUT2D eigenvalue weighted by atomic mass is 32.2. The van der Waals surface area contributed by atoms with Gasteiger partial charge in [-0.25, -0.2) is 13.4 Å². The van der Waals surface area contributed by atoms with Gasteiger partial charge < -0.3 is 14.6 Å². The minimum absolute atomic E-state index is 0.0629. The number of imidazole rings is 1. The first kappa shape index (κ1) is 21.3. The van der Waals surface area contributed by atoms with Gasteiger partial charge in [-0.05, 0) is 56.2 Å². The van der Waals surface area contributed by atoms with Crippen LogP contribution in [-0.4, -0.2) is 54.4 Å². The molecule has 1 N–H and O–H groups in total. The number of methoxy groups -OCH3 is 1. The molecule has 9 heteroatoms. The molecular formula is C22H26N4O4S. The highest BCUT2D eigenvalue weighted by molar-refractivity contribution is 7.89. The third kappa shape index (κ3) is 4.28. The topological polar surface area (TPSA) is 93.5 Å². The van der Waals surface area contributed by atoms with E-state index in [0.717, 1.165) is 11.0 Å². The van der Waals surface area contributed by atoms with Crippen molar-refractivity contribution < 1.29 is 17.9 Å². The molecule has 0 radical (unpaired) electrons. The first-order valence-corrected chi connectivity index (χ1v) is 11.7. The van der Waals surface area contributed by atoms with Crippen LogP contribution in [0.15, 0.2) is 59.8 Å². The van der Waals surface area contributed by atoms with Crippen LogP contribution in [0.2, 0.25) is 0 Å². The average molecular weight is 443 g/mol. The lowest BCUT2D eigenvalue weighted by Gasteiger charge is -2.32. The molecule has 1 fully saturated rings. The molecule has 4 rings (SSSR count). The van der Waals surface area contributed by atoms with Crippen LogP contribution in [-0.2, 0) is 14.8 Å². The van der Waals surface area contributed by atoms with Crippen LogP contribution < -0.4 is 10.1 Å². The van der Waals surface area contributed by atoms with Crippen LogP contribution in [0.4, 0.5) is 0 Å². The second-order valence-electron chi connectivity index (χ2n) is 7.68. The fraction of sp³-hybridized carbons (Fsp3) is 0.364. The van der Waals surface area contributed by atoms with E-state index in [9.17, 15) is 13.2 Å². The molecule has 3 aromatic rings. The Morgan fingerprint density at radius 1 is 1.13 bits per heavy atom. The van der Waals surface area contributed by atoms with Crippen LogP contribution in [0.3, 0.4) is 0 Å². The summed E-state index contributed by atoms with van der Waals surface area (Å²) in [5.74, 6) is 0.514. The van der Waals surface area contributed by atoms with Crippen molar-refractivity contribution in [2.75, 3.05) is 20.2 Å². The quantitative estimate of drug-likeness (QED) is 0.633. The van der Waals surface area contributed by atoms with E-state index < -0.39 is 16.1 Å². The van der Waals surface area contributed by atoms with Gasteiger partial charge in [0.1, 0.15) is 11.8 Å². The van der Waals surface area contributed by atoms with Crippen molar-refractivity contribution in [1.29, 1.82) is 0 Å². The highest BCUT2D eigenvalue weighted by Gasteiger charge is 2.30. The minimum atomic E-state index is -3.56. The van der Waals surface area contributed by atoms with Crippen molar-refractivity contribution in [3.05, 3.63) is 54.9 Å². The molecule has 0 bridgehead atoms. The van der Waals surface area contributed by atoms with Crippen molar-refractivity contribution >= 4 is 27.0 Å². The van der Waals surface area contributed by atoms with E-state index in [-0.39, 0.29) is 16.8 Å². The van der Waals surface area contributed by atoms with Gasteiger partial charge in [-0.15, -0.1) is 0 Å². The maximum absolute atomic E-state index is 12.9. The SMILES string of the molecule is COc1ccc(S(=O)(=O)N2CCC(NC(=O)C(C)n3cnc4ccccc43)CC2)cc1. The Bertz CT molecular complexity index is 1170. The Labute approximate surface area is 181 Å². The van der Waals surface area contributed by atoms with E-state index in [1.54, 1.807) is 37.7 Å². The number of hydrogen-bond acceptors (Lipinski definition) is 5. The van der Waals surface area contributed by atoms with E-state index in [2.05, 4.69) is 10.3 Å². The van der Waals surface area contributed by atoms with Crippen LogP contribution >= 0.6 is 0 Å². The lowest BCUT2D eigenvalue weighted by Crippen LogP contribution is -2.47. The summed E-state index contributed by atoms with van der Waals surface area (Å²) in [7, 11) is -2.02. The van der Waals surface area contributed by atoms with E-state index in [0.29, 0.717) is 31.7 Å². The number of carbonyl (C=O) groups excluding carboxylic acids is 1.